The van der Waals surface area contributed by atoms with E-state index in [0.717, 1.165) is 12.1 Å². The fraction of sp³-hybridized carbons (Fsp3) is 0.562. The van der Waals surface area contributed by atoms with E-state index < -0.39 is 5.60 Å². The van der Waals surface area contributed by atoms with Crippen LogP contribution >= 0.6 is 0 Å². The van der Waals surface area contributed by atoms with Crippen molar-refractivity contribution in [2.24, 2.45) is 5.92 Å². The Balaban J connectivity index is 2.63. The summed E-state index contributed by atoms with van der Waals surface area (Å²) >= 11 is 0. The van der Waals surface area contributed by atoms with E-state index in [-0.39, 0.29) is 11.7 Å². The summed E-state index contributed by atoms with van der Waals surface area (Å²) in [5, 5.41) is 9.86. The molecule has 0 aliphatic heterocycles. The van der Waals surface area contributed by atoms with Crippen molar-refractivity contribution in [3.05, 3.63) is 35.9 Å². The maximum Gasteiger partial charge on any atom is 0.166 e. The normalized spacial score (nSPS) is 13.6. The lowest BCUT2D eigenvalue weighted by molar-refractivity contribution is 0.0330. The van der Waals surface area contributed by atoms with Crippen LogP contribution in [0, 0.1) is 5.92 Å². The van der Waals surface area contributed by atoms with Crippen LogP contribution in [0.2, 0.25) is 0 Å². The van der Waals surface area contributed by atoms with Crippen LogP contribution in [0.1, 0.15) is 38.1 Å². The van der Waals surface area contributed by atoms with Gasteiger partial charge < -0.3 is 10.0 Å². The van der Waals surface area contributed by atoms with Crippen molar-refractivity contribution in [1.29, 1.82) is 0 Å². The first kappa shape index (κ1) is 15.9. The van der Waals surface area contributed by atoms with Gasteiger partial charge in [0.15, 0.2) is 5.78 Å². The molecule has 0 aromatic heterocycles. The number of nitrogens with zero attached hydrogens (tertiary/aromatic N) is 1. The molecule has 3 nitrogen and oxygen atoms in total. The molecule has 1 atom stereocenters. The fourth-order valence-corrected chi connectivity index (χ4v) is 2.21. The quantitative estimate of drug-likeness (QED) is 0.769. The van der Waals surface area contributed by atoms with Crippen LogP contribution in [0.5, 0.6) is 0 Å². The zero-order valence-corrected chi connectivity index (χ0v) is 12.4. The Hall–Kier alpha value is -1.19. The van der Waals surface area contributed by atoms with Gasteiger partial charge >= 0.3 is 0 Å². The highest BCUT2D eigenvalue weighted by Crippen LogP contribution is 2.12. The molecule has 1 aromatic rings. The number of carbonyl (C=O) groups is 1. The summed E-state index contributed by atoms with van der Waals surface area (Å²) in [4.78, 5) is 14.4. The standard InChI is InChI=1S/C16H25NO2/c1-5-17(12-16(3,4)19)11-13(2)15(18)14-9-7-6-8-10-14/h6-10,13,19H,5,11-12H2,1-4H3. The third-order valence-corrected chi connectivity index (χ3v) is 3.10. The molecule has 0 bridgehead atoms. The molecule has 0 saturated heterocycles. The number of ketones is 1. The number of hydrogen-bond donors (Lipinski definition) is 1. The second-order valence-corrected chi connectivity index (χ2v) is 5.77. The fourth-order valence-electron chi connectivity index (χ4n) is 2.21. The van der Waals surface area contributed by atoms with Gasteiger partial charge in [0.25, 0.3) is 0 Å². The van der Waals surface area contributed by atoms with E-state index in [1.165, 1.54) is 0 Å². The molecule has 0 amide bonds. The van der Waals surface area contributed by atoms with Crippen LogP contribution in [0.25, 0.3) is 0 Å². The number of likely N-dealkylation sites (N-methyl/N-ethyl adjacent to an activating group) is 1. The molecular weight excluding hydrogens is 238 g/mol. The lowest BCUT2D eigenvalue weighted by Crippen LogP contribution is -2.41. The Morgan fingerprint density at radius 2 is 1.89 bits per heavy atom. The largest absolute Gasteiger partial charge is 0.389 e. The smallest absolute Gasteiger partial charge is 0.166 e. The molecule has 106 valence electrons. The highest BCUT2D eigenvalue weighted by Gasteiger charge is 2.22. The molecule has 1 rings (SSSR count). The van der Waals surface area contributed by atoms with E-state index in [2.05, 4.69) is 4.90 Å². The summed E-state index contributed by atoms with van der Waals surface area (Å²) < 4.78 is 0. The predicted octanol–water partition coefficient (Wildman–Crippen LogP) is 2.60. The van der Waals surface area contributed by atoms with Gasteiger partial charge in [-0.3, -0.25) is 4.79 Å². The third-order valence-electron chi connectivity index (χ3n) is 3.10. The van der Waals surface area contributed by atoms with Gasteiger partial charge in [-0.15, -0.1) is 0 Å². The van der Waals surface area contributed by atoms with Crippen molar-refractivity contribution < 1.29 is 9.90 Å². The second kappa shape index (κ2) is 6.83. The maximum absolute atomic E-state index is 12.3. The zero-order chi connectivity index (χ0) is 14.5. The Morgan fingerprint density at radius 3 is 2.37 bits per heavy atom. The molecule has 0 heterocycles. The van der Waals surface area contributed by atoms with Crippen LogP contribution < -0.4 is 0 Å². The molecule has 0 radical (unpaired) electrons. The van der Waals surface area contributed by atoms with Gasteiger partial charge in [-0.25, -0.2) is 0 Å². The minimum absolute atomic E-state index is 0.0651. The van der Waals surface area contributed by atoms with Crippen molar-refractivity contribution in [3.63, 3.8) is 0 Å². The lowest BCUT2D eigenvalue weighted by Gasteiger charge is -2.29. The van der Waals surface area contributed by atoms with Gasteiger partial charge in [0, 0.05) is 24.6 Å². The highest BCUT2D eigenvalue weighted by molar-refractivity contribution is 5.97. The minimum Gasteiger partial charge on any atom is -0.389 e. The zero-order valence-electron chi connectivity index (χ0n) is 12.4. The van der Waals surface area contributed by atoms with Crippen molar-refractivity contribution in [1.82, 2.24) is 4.90 Å². The van der Waals surface area contributed by atoms with Crippen LogP contribution in [0.4, 0.5) is 0 Å². The van der Waals surface area contributed by atoms with E-state index in [4.69, 9.17) is 0 Å². The molecule has 19 heavy (non-hydrogen) atoms. The first-order chi connectivity index (χ1) is 8.83. The Labute approximate surface area is 116 Å². The molecule has 0 aliphatic rings. The minimum atomic E-state index is -0.731. The molecule has 3 heteroatoms. The lowest BCUT2D eigenvalue weighted by atomic mass is 9.98. The summed E-state index contributed by atoms with van der Waals surface area (Å²) in [5.41, 5.74) is 0.0280. The van der Waals surface area contributed by atoms with Crippen LogP contribution in [-0.2, 0) is 0 Å². The van der Waals surface area contributed by atoms with Crippen molar-refractivity contribution >= 4 is 5.78 Å². The van der Waals surface area contributed by atoms with E-state index in [9.17, 15) is 9.90 Å². The van der Waals surface area contributed by atoms with Crippen molar-refractivity contribution in [2.75, 3.05) is 19.6 Å². The predicted molar refractivity (Wildman–Crippen MR) is 78.3 cm³/mol. The molecule has 0 spiro atoms. The third kappa shape index (κ3) is 5.53. The molecular formula is C16H25NO2. The van der Waals surface area contributed by atoms with E-state index >= 15 is 0 Å². The second-order valence-electron chi connectivity index (χ2n) is 5.77. The topological polar surface area (TPSA) is 40.5 Å². The monoisotopic (exact) mass is 263 g/mol. The summed E-state index contributed by atoms with van der Waals surface area (Å²) in [6.07, 6.45) is 0. The number of Topliss-reactive ketones (excluding diaryl/α,β-unsaturated/α-hetero) is 1. The molecule has 1 N–H and O–H groups in total. The number of rotatable bonds is 7. The molecule has 0 aliphatic carbocycles. The summed E-state index contributed by atoms with van der Waals surface area (Å²) in [6, 6.07) is 9.38. The average molecular weight is 263 g/mol. The van der Waals surface area contributed by atoms with E-state index in [1.807, 2.05) is 44.2 Å². The van der Waals surface area contributed by atoms with Crippen LogP contribution in [-0.4, -0.2) is 41.0 Å². The van der Waals surface area contributed by atoms with Crippen LogP contribution in [0.15, 0.2) is 30.3 Å². The first-order valence-corrected chi connectivity index (χ1v) is 6.87. The number of aliphatic hydroxyl groups is 1. The Bertz CT molecular complexity index is 395. The number of hydrogen-bond acceptors (Lipinski definition) is 3. The maximum atomic E-state index is 12.3. The van der Waals surface area contributed by atoms with E-state index in [0.29, 0.717) is 13.1 Å². The summed E-state index contributed by atoms with van der Waals surface area (Å²) in [6.45, 7) is 9.66. The summed E-state index contributed by atoms with van der Waals surface area (Å²) in [7, 11) is 0. The van der Waals surface area contributed by atoms with Crippen molar-refractivity contribution in [2.45, 2.75) is 33.3 Å². The molecule has 0 saturated carbocycles. The Morgan fingerprint density at radius 1 is 1.32 bits per heavy atom. The van der Waals surface area contributed by atoms with Gasteiger partial charge in [0.05, 0.1) is 5.60 Å². The van der Waals surface area contributed by atoms with Gasteiger partial charge in [0.2, 0.25) is 0 Å². The summed E-state index contributed by atoms with van der Waals surface area (Å²) in [5.74, 6) is 0.0968. The average Bonchev–Trinajstić information content (AvgIpc) is 2.36. The van der Waals surface area contributed by atoms with Crippen LogP contribution in [0.3, 0.4) is 0 Å². The molecule has 0 fully saturated rings. The highest BCUT2D eigenvalue weighted by atomic mass is 16.3. The van der Waals surface area contributed by atoms with Gasteiger partial charge in [-0.2, -0.15) is 0 Å². The van der Waals surface area contributed by atoms with Gasteiger partial charge in [-0.1, -0.05) is 44.2 Å². The molecule has 1 unspecified atom stereocenters. The van der Waals surface area contributed by atoms with E-state index in [1.54, 1.807) is 13.8 Å². The van der Waals surface area contributed by atoms with Crippen molar-refractivity contribution in [3.8, 4) is 0 Å². The van der Waals surface area contributed by atoms with Gasteiger partial charge in [0.1, 0.15) is 0 Å². The number of carbonyl (C=O) groups excluding carboxylic acids is 1. The first-order valence-electron chi connectivity index (χ1n) is 6.87. The number of benzene rings is 1. The SMILES string of the molecule is CCN(CC(C)C(=O)c1ccccc1)CC(C)(C)O. The molecule has 1 aromatic carbocycles. The Kier molecular flexibility index (Phi) is 5.70. The van der Waals surface area contributed by atoms with Gasteiger partial charge in [-0.05, 0) is 20.4 Å².